The summed E-state index contributed by atoms with van der Waals surface area (Å²) in [6.07, 6.45) is 0. The Hall–Kier alpha value is -1.12. The van der Waals surface area contributed by atoms with Crippen molar-refractivity contribution in [1.82, 2.24) is 4.72 Å². The van der Waals surface area contributed by atoms with Gasteiger partial charge in [-0.05, 0) is 18.1 Å². The van der Waals surface area contributed by atoms with E-state index in [1.807, 2.05) is 0 Å². The van der Waals surface area contributed by atoms with E-state index in [9.17, 15) is 13.2 Å². The summed E-state index contributed by atoms with van der Waals surface area (Å²) >= 11 is 3.18. The lowest BCUT2D eigenvalue weighted by Crippen LogP contribution is -2.44. The van der Waals surface area contributed by atoms with E-state index in [-0.39, 0.29) is 10.8 Å². The molecular formula is C12H16BrNO5S. The molecule has 20 heavy (non-hydrogen) atoms. The summed E-state index contributed by atoms with van der Waals surface area (Å²) < 4.78 is 32.1. The standard InChI is InChI=1S/C12H16BrNO5S/c1-7(2)11(12(15)16)14-20(17,18)10-5-8(13)4-9(6-10)19-3/h4-7,11,14H,1-3H3,(H,15,16)/t11-/m0/s1. The van der Waals surface area contributed by atoms with Crippen LogP contribution in [0.5, 0.6) is 5.75 Å². The monoisotopic (exact) mass is 365 g/mol. The minimum atomic E-state index is -3.95. The number of halogens is 1. The maximum absolute atomic E-state index is 12.2. The fourth-order valence-electron chi connectivity index (χ4n) is 1.52. The van der Waals surface area contributed by atoms with Gasteiger partial charge in [0.15, 0.2) is 0 Å². The van der Waals surface area contributed by atoms with E-state index in [0.29, 0.717) is 10.2 Å². The molecule has 0 spiro atoms. The quantitative estimate of drug-likeness (QED) is 0.802. The molecule has 1 aromatic rings. The lowest BCUT2D eigenvalue weighted by Gasteiger charge is -2.18. The summed E-state index contributed by atoms with van der Waals surface area (Å²) in [4.78, 5) is 11.0. The van der Waals surface area contributed by atoms with Gasteiger partial charge in [0.1, 0.15) is 11.8 Å². The van der Waals surface area contributed by atoms with Crippen molar-refractivity contribution in [3.63, 3.8) is 0 Å². The van der Waals surface area contributed by atoms with Crippen LogP contribution in [0.3, 0.4) is 0 Å². The smallest absolute Gasteiger partial charge is 0.322 e. The first-order chi connectivity index (χ1) is 9.17. The van der Waals surface area contributed by atoms with Gasteiger partial charge in [-0.2, -0.15) is 4.72 Å². The predicted molar refractivity (Wildman–Crippen MR) is 77.3 cm³/mol. The molecule has 0 aliphatic rings. The minimum absolute atomic E-state index is 0.0596. The van der Waals surface area contributed by atoms with E-state index >= 15 is 0 Å². The maximum Gasteiger partial charge on any atom is 0.322 e. The highest BCUT2D eigenvalue weighted by Crippen LogP contribution is 2.24. The maximum atomic E-state index is 12.2. The van der Waals surface area contributed by atoms with E-state index in [1.165, 1.54) is 19.2 Å². The molecule has 0 amide bonds. The van der Waals surface area contributed by atoms with Crippen LogP contribution in [-0.2, 0) is 14.8 Å². The van der Waals surface area contributed by atoms with Crippen molar-refractivity contribution < 1.29 is 23.1 Å². The summed E-state index contributed by atoms with van der Waals surface area (Å²) in [5, 5.41) is 9.05. The first kappa shape index (κ1) is 16.9. The summed E-state index contributed by atoms with van der Waals surface area (Å²) in [5.41, 5.74) is 0. The predicted octanol–water partition coefficient (Wildman–Crippen LogP) is 1.85. The number of aliphatic carboxylic acids is 1. The number of hydrogen-bond donors (Lipinski definition) is 2. The van der Waals surface area contributed by atoms with Gasteiger partial charge in [0.2, 0.25) is 10.0 Å². The molecule has 0 heterocycles. The first-order valence-electron chi connectivity index (χ1n) is 5.77. The Kier molecular flexibility index (Phi) is 5.55. The Bertz CT molecular complexity index is 600. The van der Waals surface area contributed by atoms with E-state index in [0.717, 1.165) is 0 Å². The van der Waals surface area contributed by atoms with Crippen LogP contribution in [-0.4, -0.2) is 32.6 Å². The fraction of sp³-hybridized carbons (Fsp3) is 0.417. The van der Waals surface area contributed by atoms with Crippen molar-refractivity contribution in [1.29, 1.82) is 0 Å². The average Bonchev–Trinajstić information content (AvgIpc) is 2.34. The molecule has 0 unspecified atom stereocenters. The van der Waals surface area contributed by atoms with Crippen LogP contribution in [0.15, 0.2) is 27.6 Å². The highest BCUT2D eigenvalue weighted by molar-refractivity contribution is 9.10. The Morgan fingerprint density at radius 2 is 1.95 bits per heavy atom. The van der Waals surface area contributed by atoms with Crippen molar-refractivity contribution >= 4 is 31.9 Å². The lowest BCUT2D eigenvalue weighted by atomic mass is 10.1. The molecule has 1 rings (SSSR count). The third kappa shape index (κ3) is 4.19. The highest BCUT2D eigenvalue weighted by Gasteiger charge is 2.28. The van der Waals surface area contributed by atoms with Gasteiger partial charge < -0.3 is 9.84 Å². The van der Waals surface area contributed by atoms with Crippen LogP contribution >= 0.6 is 15.9 Å². The van der Waals surface area contributed by atoms with Gasteiger partial charge >= 0.3 is 5.97 Å². The highest BCUT2D eigenvalue weighted by atomic mass is 79.9. The van der Waals surface area contributed by atoms with Crippen LogP contribution in [0.1, 0.15) is 13.8 Å². The molecule has 0 aliphatic heterocycles. The number of carboxylic acids is 1. The molecule has 1 aromatic carbocycles. The molecule has 112 valence electrons. The van der Waals surface area contributed by atoms with E-state index in [4.69, 9.17) is 9.84 Å². The van der Waals surface area contributed by atoms with Crippen molar-refractivity contribution in [2.45, 2.75) is 24.8 Å². The summed E-state index contributed by atoms with van der Waals surface area (Å²) in [6.45, 7) is 3.26. The van der Waals surface area contributed by atoms with Crippen LogP contribution < -0.4 is 9.46 Å². The number of sulfonamides is 1. The molecule has 6 nitrogen and oxygen atoms in total. The van der Waals surface area contributed by atoms with Crippen molar-refractivity contribution in [2.24, 2.45) is 5.92 Å². The molecule has 0 aromatic heterocycles. The van der Waals surface area contributed by atoms with Gasteiger partial charge in [-0.25, -0.2) is 8.42 Å². The number of ether oxygens (including phenoxy) is 1. The largest absolute Gasteiger partial charge is 0.497 e. The van der Waals surface area contributed by atoms with Crippen LogP contribution in [0, 0.1) is 5.92 Å². The first-order valence-corrected chi connectivity index (χ1v) is 8.04. The van der Waals surface area contributed by atoms with E-state index in [1.54, 1.807) is 19.9 Å². The van der Waals surface area contributed by atoms with Gasteiger partial charge in [-0.1, -0.05) is 29.8 Å². The lowest BCUT2D eigenvalue weighted by molar-refractivity contribution is -0.140. The number of carbonyl (C=O) groups is 1. The fourth-order valence-corrected chi connectivity index (χ4v) is 3.54. The summed E-state index contributed by atoms with van der Waals surface area (Å²) in [6, 6.07) is 3.12. The SMILES string of the molecule is COc1cc(Br)cc(S(=O)(=O)N[C@H](C(=O)O)C(C)C)c1. The van der Waals surface area contributed by atoms with Gasteiger partial charge in [0.05, 0.1) is 12.0 Å². The second-order valence-electron chi connectivity index (χ2n) is 4.51. The van der Waals surface area contributed by atoms with Crippen molar-refractivity contribution in [3.8, 4) is 5.75 Å². The third-order valence-electron chi connectivity index (χ3n) is 2.61. The molecule has 1 atom stereocenters. The zero-order valence-corrected chi connectivity index (χ0v) is 13.7. The number of hydrogen-bond acceptors (Lipinski definition) is 4. The Morgan fingerprint density at radius 3 is 2.40 bits per heavy atom. The van der Waals surface area contributed by atoms with Crippen LogP contribution in [0.2, 0.25) is 0 Å². The number of benzene rings is 1. The van der Waals surface area contributed by atoms with Gasteiger partial charge in [0.25, 0.3) is 0 Å². The Morgan fingerprint density at radius 1 is 1.35 bits per heavy atom. The van der Waals surface area contributed by atoms with Crippen LogP contribution in [0.4, 0.5) is 0 Å². The molecule has 2 N–H and O–H groups in total. The van der Waals surface area contributed by atoms with Gasteiger partial charge in [-0.15, -0.1) is 0 Å². The molecule has 0 saturated carbocycles. The minimum Gasteiger partial charge on any atom is -0.497 e. The van der Waals surface area contributed by atoms with Gasteiger partial charge in [-0.3, -0.25) is 4.79 Å². The molecule has 0 bridgehead atoms. The zero-order valence-electron chi connectivity index (χ0n) is 11.3. The summed E-state index contributed by atoms with van der Waals surface area (Å²) in [7, 11) is -2.53. The van der Waals surface area contributed by atoms with E-state index in [2.05, 4.69) is 20.7 Å². The third-order valence-corrected chi connectivity index (χ3v) is 4.48. The van der Waals surface area contributed by atoms with Crippen molar-refractivity contribution in [3.05, 3.63) is 22.7 Å². The molecule has 0 fully saturated rings. The molecule has 0 radical (unpaired) electrons. The van der Waals surface area contributed by atoms with Crippen LogP contribution in [0.25, 0.3) is 0 Å². The number of nitrogens with one attached hydrogen (secondary N) is 1. The topological polar surface area (TPSA) is 92.7 Å². The number of rotatable bonds is 6. The molecule has 0 aliphatic carbocycles. The normalized spacial score (nSPS) is 13.2. The average molecular weight is 366 g/mol. The second kappa shape index (κ2) is 6.55. The Labute approximate surface area is 126 Å². The zero-order chi connectivity index (χ0) is 15.5. The molecular weight excluding hydrogens is 350 g/mol. The number of methoxy groups -OCH3 is 1. The molecule has 8 heteroatoms. The number of carboxylic acid groups (broad SMARTS) is 1. The summed E-state index contributed by atoms with van der Waals surface area (Å²) in [5.74, 6) is -1.24. The molecule has 0 saturated heterocycles. The second-order valence-corrected chi connectivity index (χ2v) is 7.14. The Balaban J connectivity index is 3.16. The van der Waals surface area contributed by atoms with Crippen molar-refractivity contribution in [2.75, 3.05) is 7.11 Å². The van der Waals surface area contributed by atoms with Gasteiger partial charge in [0, 0.05) is 10.5 Å². The van der Waals surface area contributed by atoms with E-state index < -0.39 is 22.0 Å².